The molecular formula is C23H22N2O2. The Bertz CT molecular complexity index is 957. The van der Waals surface area contributed by atoms with Gasteiger partial charge < -0.3 is 4.74 Å². The SMILES string of the molecule is CC(C)(C)OC(=O)/C=C/c1cccc(-c2nccc(-c3ccccc3)n2)c1. The van der Waals surface area contributed by atoms with Crippen molar-refractivity contribution in [2.45, 2.75) is 26.4 Å². The third kappa shape index (κ3) is 5.35. The maximum Gasteiger partial charge on any atom is 0.331 e. The van der Waals surface area contributed by atoms with Crippen molar-refractivity contribution in [3.8, 4) is 22.6 Å². The predicted octanol–water partition coefficient (Wildman–Crippen LogP) is 5.17. The van der Waals surface area contributed by atoms with Gasteiger partial charge in [0.05, 0.1) is 5.69 Å². The van der Waals surface area contributed by atoms with Gasteiger partial charge in [0.2, 0.25) is 0 Å². The average Bonchev–Trinajstić information content (AvgIpc) is 2.66. The molecule has 0 bridgehead atoms. The summed E-state index contributed by atoms with van der Waals surface area (Å²) in [6, 6.07) is 19.6. The van der Waals surface area contributed by atoms with E-state index < -0.39 is 5.60 Å². The van der Waals surface area contributed by atoms with Crippen LogP contribution in [0.3, 0.4) is 0 Å². The first-order valence-electron chi connectivity index (χ1n) is 8.81. The summed E-state index contributed by atoms with van der Waals surface area (Å²) in [5.74, 6) is 0.277. The van der Waals surface area contributed by atoms with Crippen molar-refractivity contribution in [3.63, 3.8) is 0 Å². The number of rotatable bonds is 4. The lowest BCUT2D eigenvalue weighted by atomic mass is 10.1. The molecule has 4 heteroatoms. The standard InChI is InChI=1S/C23H22N2O2/c1-23(2,3)27-21(26)13-12-17-8-7-11-19(16-17)22-24-15-14-20(25-22)18-9-5-4-6-10-18/h4-16H,1-3H3/b13-12+. The lowest BCUT2D eigenvalue weighted by Crippen LogP contribution is -2.22. The van der Waals surface area contributed by atoms with E-state index in [1.807, 2.05) is 81.4 Å². The normalized spacial score (nSPS) is 11.5. The average molecular weight is 358 g/mol. The molecule has 0 saturated carbocycles. The summed E-state index contributed by atoms with van der Waals surface area (Å²) in [5, 5.41) is 0. The van der Waals surface area contributed by atoms with E-state index in [2.05, 4.69) is 9.97 Å². The Kier molecular flexibility index (Phi) is 5.46. The number of carbonyl (C=O) groups is 1. The van der Waals surface area contributed by atoms with Crippen LogP contribution in [0, 0.1) is 0 Å². The van der Waals surface area contributed by atoms with Crippen LogP contribution in [0.5, 0.6) is 0 Å². The van der Waals surface area contributed by atoms with Gasteiger partial charge in [0.1, 0.15) is 5.60 Å². The van der Waals surface area contributed by atoms with Crippen molar-refractivity contribution in [2.75, 3.05) is 0 Å². The van der Waals surface area contributed by atoms with Gasteiger partial charge in [-0.25, -0.2) is 14.8 Å². The molecule has 0 atom stereocenters. The first-order chi connectivity index (χ1) is 12.9. The van der Waals surface area contributed by atoms with Gasteiger partial charge in [0.15, 0.2) is 5.82 Å². The van der Waals surface area contributed by atoms with Crippen LogP contribution in [-0.2, 0) is 9.53 Å². The lowest BCUT2D eigenvalue weighted by molar-refractivity contribution is -0.148. The van der Waals surface area contributed by atoms with E-state index in [9.17, 15) is 4.79 Å². The number of ether oxygens (including phenoxy) is 1. The summed E-state index contributed by atoms with van der Waals surface area (Å²) >= 11 is 0. The van der Waals surface area contributed by atoms with Crippen LogP contribution >= 0.6 is 0 Å². The molecule has 0 unspecified atom stereocenters. The Morgan fingerprint density at radius 3 is 2.44 bits per heavy atom. The first kappa shape index (κ1) is 18.5. The van der Waals surface area contributed by atoms with E-state index in [-0.39, 0.29) is 5.97 Å². The zero-order valence-corrected chi connectivity index (χ0v) is 15.7. The Balaban J connectivity index is 1.83. The number of aromatic nitrogens is 2. The summed E-state index contributed by atoms with van der Waals surface area (Å²) in [5.41, 5.74) is 3.18. The minimum absolute atomic E-state index is 0.366. The van der Waals surface area contributed by atoms with Crippen LogP contribution in [0.4, 0.5) is 0 Å². The summed E-state index contributed by atoms with van der Waals surface area (Å²) in [7, 11) is 0. The van der Waals surface area contributed by atoms with Gasteiger partial charge >= 0.3 is 5.97 Å². The molecule has 0 saturated heterocycles. The van der Waals surface area contributed by atoms with Gasteiger partial charge in [-0.05, 0) is 44.5 Å². The van der Waals surface area contributed by atoms with Crippen LogP contribution in [0.15, 0.2) is 72.9 Å². The maximum absolute atomic E-state index is 11.9. The maximum atomic E-state index is 11.9. The van der Waals surface area contributed by atoms with Crippen molar-refractivity contribution < 1.29 is 9.53 Å². The first-order valence-corrected chi connectivity index (χ1v) is 8.81. The van der Waals surface area contributed by atoms with Gasteiger partial charge in [-0.15, -0.1) is 0 Å². The molecule has 0 aliphatic heterocycles. The number of hydrogen-bond donors (Lipinski definition) is 0. The van der Waals surface area contributed by atoms with Crippen LogP contribution in [0.2, 0.25) is 0 Å². The summed E-state index contributed by atoms with van der Waals surface area (Å²) < 4.78 is 5.29. The Morgan fingerprint density at radius 1 is 0.963 bits per heavy atom. The second-order valence-corrected chi connectivity index (χ2v) is 7.12. The van der Waals surface area contributed by atoms with Crippen LogP contribution in [0.25, 0.3) is 28.7 Å². The van der Waals surface area contributed by atoms with Crippen LogP contribution in [0.1, 0.15) is 26.3 Å². The van der Waals surface area contributed by atoms with E-state index in [0.29, 0.717) is 5.82 Å². The molecule has 3 aromatic rings. The molecule has 0 aliphatic rings. The quantitative estimate of drug-likeness (QED) is 0.477. The molecule has 0 spiro atoms. The van der Waals surface area contributed by atoms with Crippen molar-refractivity contribution in [1.29, 1.82) is 0 Å². The third-order valence-electron chi connectivity index (χ3n) is 3.69. The highest BCUT2D eigenvalue weighted by atomic mass is 16.6. The molecule has 0 fully saturated rings. The van der Waals surface area contributed by atoms with Crippen molar-refractivity contribution in [1.82, 2.24) is 9.97 Å². The summed E-state index contributed by atoms with van der Waals surface area (Å²) in [6.45, 7) is 5.53. The van der Waals surface area contributed by atoms with Gasteiger partial charge in [0, 0.05) is 23.4 Å². The van der Waals surface area contributed by atoms with E-state index in [1.54, 1.807) is 12.3 Å². The Hall–Kier alpha value is -3.27. The predicted molar refractivity (Wildman–Crippen MR) is 108 cm³/mol. The van der Waals surface area contributed by atoms with E-state index >= 15 is 0 Å². The van der Waals surface area contributed by atoms with Crippen molar-refractivity contribution in [3.05, 3.63) is 78.5 Å². The fourth-order valence-corrected chi connectivity index (χ4v) is 2.55. The fourth-order valence-electron chi connectivity index (χ4n) is 2.55. The summed E-state index contributed by atoms with van der Waals surface area (Å²) in [6.07, 6.45) is 4.93. The molecule has 0 radical (unpaired) electrons. The van der Waals surface area contributed by atoms with Gasteiger partial charge in [0.25, 0.3) is 0 Å². The molecule has 4 nitrogen and oxygen atoms in total. The number of benzene rings is 2. The van der Waals surface area contributed by atoms with E-state index in [1.165, 1.54) is 6.08 Å². The van der Waals surface area contributed by atoms with Gasteiger partial charge in [-0.2, -0.15) is 0 Å². The van der Waals surface area contributed by atoms with Crippen LogP contribution in [-0.4, -0.2) is 21.5 Å². The molecule has 0 aliphatic carbocycles. The second-order valence-electron chi connectivity index (χ2n) is 7.12. The molecular weight excluding hydrogens is 336 g/mol. The second kappa shape index (κ2) is 7.96. The highest BCUT2D eigenvalue weighted by Gasteiger charge is 2.13. The molecule has 2 aromatic carbocycles. The van der Waals surface area contributed by atoms with Crippen molar-refractivity contribution >= 4 is 12.0 Å². The minimum atomic E-state index is -0.505. The Labute approximate surface area is 159 Å². The highest BCUT2D eigenvalue weighted by molar-refractivity contribution is 5.87. The molecule has 27 heavy (non-hydrogen) atoms. The number of hydrogen-bond acceptors (Lipinski definition) is 4. The van der Waals surface area contributed by atoms with Crippen LogP contribution < -0.4 is 0 Å². The Morgan fingerprint density at radius 2 is 1.70 bits per heavy atom. The fraction of sp³-hybridized carbons (Fsp3) is 0.174. The van der Waals surface area contributed by atoms with Gasteiger partial charge in [-0.3, -0.25) is 0 Å². The lowest BCUT2D eigenvalue weighted by Gasteiger charge is -2.17. The number of esters is 1. The van der Waals surface area contributed by atoms with E-state index in [4.69, 9.17) is 4.74 Å². The minimum Gasteiger partial charge on any atom is -0.457 e. The number of carbonyl (C=O) groups excluding carboxylic acids is 1. The van der Waals surface area contributed by atoms with E-state index in [0.717, 1.165) is 22.4 Å². The van der Waals surface area contributed by atoms with Crippen molar-refractivity contribution in [2.24, 2.45) is 0 Å². The monoisotopic (exact) mass is 358 g/mol. The smallest absolute Gasteiger partial charge is 0.331 e. The molecule has 3 rings (SSSR count). The molecule has 1 aromatic heterocycles. The highest BCUT2D eigenvalue weighted by Crippen LogP contribution is 2.22. The molecule has 0 N–H and O–H groups in total. The van der Waals surface area contributed by atoms with Gasteiger partial charge in [-0.1, -0.05) is 48.5 Å². The third-order valence-corrected chi connectivity index (χ3v) is 3.69. The summed E-state index contributed by atoms with van der Waals surface area (Å²) in [4.78, 5) is 20.9. The zero-order chi connectivity index (χ0) is 19.3. The molecule has 0 amide bonds. The number of nitrogens with zero attached hydrogens (tertiary/aromatic N) is 2. The zero-order valence-electron chi connectivity index (χ0n) is 15.7. The topological polar surface area (TPSA) is 52.1 Å². The molecule has 1 heterocycles. The largest absolute Gasteiger partial charge is 0.457 e. The molecule has 136 valence electrons.